The van der Waals surface area contributed by atoms with Crippen molar-refractivity contribution in [3.05, 3.63) is 83.6 Å². The molecule has 0 saturated carbocycles. The monoisotopic (exact) mass is 390 g/mol. The second kappa shape index (κ2) is 7.16. The van der Waals surface area contributed by atoms with E-state index in [9.17, 15) is 14.0 Å². The van der Waals surface area contributed by atoms with E-state index in [1.54, 1.807) is 43.3 Å². The first kappa shape index (κ1) is 18.3. The smallest absolute Gasteiger partial charge is 0.366 e. The molecule has 4 rings (SSSR count). The number of fused-ring (bicyclic) bond motifs is 1. The fourth-order valence-corrected chi connectivity index (χ4v) is 2.99. The van der Waals surface area contributed by atoms with Crippen LogP contribution in [-0.4, -0.2) is 26.6 Å². The Labute approximate surface area is 164 Å². The summed E-state index contributed by atoms with van der Waals surface area (Å²) in [5.74, 6) is -1.45. The number of para-hydroxylation sites is 1. The maximum atomic E-state index is 13.4. The molecule has 144 valence electrons. The molecule has 7 nitrogen and oxygen atoms in total. The summed E-state index contributed by atoms with van der Waals surface area (Å²) in [7, 11) is 0. The van der Waals surface area contributed by atoms with Crippen molar-refractivity contribution in [2.45, 2.75) is 6.92 Å². The molecular weight excluding hydrogens is 375 g/mol. The van der Waals surface area contributed by atoms with Gasteiger partial charge in [0.25, 0.3) is 5.91 Å². The second-order valence-corrected chi connectivity index (χ2v) is 6.33. The van der Waals surface area contributed by atoms with E-state index in [-0.39, 0.29) is 11.1 Å². The normalized spacial score (nSPS) is 10.8. The number of nitrogens with two attached hydrogens (primary N) is 1. The highest BCUT2D eigenvalue weighted by Crippen LogP contribution is 2.21. The van der Waals surface area contributed by atoms with E-state index < -0.39 is 17.7 Å². The van der Waals surface area contributed by atoms with Gasteiger partial charge in [0, 0.05) is 17.1 Å². The molecule has 4 aromatic rings. The number of halogens is 1. The number of amides is 1. The lowest BCUT2D eigenvalue weighted by Crippen LogP contribution is -2.21. The van der Waals surface area contributed by atoms with E-state index >= 15 is 0 Å². The second-order valence-electron chi connectivity index (χ2n) is 6.33. The lowest BCUT2D eigenvalue weighted by molar-refractivity contribution is 0.0479. The molecule has 0 atom stereocenters. The first-order valence-electron chi connectivity index (χ1n) is 8.66. The standard InChI is InChI=1S/C21H15FN4O3/c1-12-16(10-24-20(25-12)13-5-4-6-14(22)9-13)21(28)29-26-11-17(19(23)27)15-7-2-3-8-18(15)26/h2-11H,1H3,(H2,23,27). The quantitative estimate of drug-likeness (QED) is 0.577. The highest BCUT2D eigenvalue weighted by atomic mass is 19.1. The molecule has 8 heteroatoms. The number of hydrogen-bond donors (Lipinski definition) is 1. The van der Waals surface area contributed by atoms with Gasteiger partial charge in [0.15, 0.2) is 5.82 Å². The molecule has 29 heavy (non-hydrogen) atoms. The summed E-state index contributed by atoms with van der Waals surface area (Å²) in [5, 5.41) is 0.572. The van der Waals surface area contributed by atoms with Crippen molar-refractivity contribution in [3.63, 3.8) is 0 Å². The summed E-state index contributed by atoms with van der Waals surface area (Å²) in [4.78, 5) is 38.2. The third-order valence-electron chi connectivity index (χ3n) is 4.41. The zero-order chi connectivity index (χ0) is 20.5. The van der Waals surface area contributed by atoms with Crippen LogP contribution in [0.25, 0.3) is 22.3 Å². The molecule has 0 saturated heterocycles. The molecular formula is C21H15FN4O3. The number of hydrogen-bond acceptors (Lipinski definition) is 5. The Kier molecular flexibility index (Phi) is 4.52. The summed E-state index contributed by atoms with van der Waals surface area (Å²) >= 11 is 0. The predicted molar refractivity (Wildman–Crippen MR) is 104 cm³/mol. The summed E-state index contributed by atoms with van der Waals surface area (Å²) in [5.41, 5.74) is 7.17. The fraction of sp³-hybridized carbons (Fsp3) is 0.0476. The number of aryl methyl sites for hydroxylation is 1. The molecule has 2 aromatic carbocycles. The zero-order valence-corrected chi connectivity index (χ0v) is 15.3. The molecule has 0 unspecified atom stereocenters. The molecule has 0 aliphatic rings. The fourth-order valence-electron chi connectivity index (χ4n) is 2.99. The molecule has 0 radical (unpaired) electrons. The van der Waals surface area contributed by atoms with Gasteiger partial charge in [-0.25, -0.2) is 19.2 Å². The Morgan fingerprint density at radius 2 is 1.90 bits per heavy atom. The van der Waals surface area contributed by atoms with Gasteiger partial charge in [-0.3, -0.25) is 4.79 Å². The van der Waals surface area contributed by atoms with Gasteiger partial charge in [0.05, 0.1) is 23.0 Å². The Hall–Kier alpha value is -4.07. The lowest BCUT2D eigenvalue weighted by atomic mass is 10.2. The number of carbonyl (C=O) groups excluding carboxylic acids is 2. The van der Waals surface area contributed by atoms with Crippen molar-refractivity contribution < 1.29 is 18.8 Å². The van der Waals surface area contributed by atoms with Crippen molar-refractivity contribution in [2.24, 2.45) is 5.73 Å². The Bertz CT molecular complexity index is 1270. The van der Waals surface area contributed by atoms with Crippen LogP contribution in [0.2, 0.25) is 0 Å². The van der Waals surface area contributed by atoms with E-state index in [4.69, 9.17) is 10.6 Å². The SMILES string of the molecule is Cc1nc(-c2cccc(F)c2)ncc1C(=O)On1cc(C(N)=O)c2ccccc21. The number of nitrogens with zero attached hydrogens (tertiary/aromatic N) is 3. The van der Waals surface area contributed by atoms with Gasteiger partial charge in [-0.15, -0.1) is 0 Å². The summed E-state index contributed by atoms with van der Waals surface area (Å²) in [6.07, 6.45) is 2.69. The number of benzene rings is 2. The molecule has 0 spiro atoms. The predicted octanol–water partition coefficient (Wildman–Crippen LogP) is 2.91. The minimum Gasteiger partial charge on any atom is -0.366 e. The topological polar surface area (TPSA) is 100 Å². The van der Waals surface area contributed by atoms with Gasteiger partial charge >= 0.3 is 5.97 Å². The van der Waals surface area contributed by atoms with E-state index in [1.165, 1.54) is 29.3 Å². The molecule has 1 amide bonds. The van der Waals surface area contributed by atoms with Crippen molar-refractivity contribution >= 4 is 22.8 Å². The zero-order valence-electron chi connectivity index (χ0n) is 15.3. The average molecular weight is 390 g/mol. The minimum atomic E-state index is -0.704. The average Bonchev–Trinajstić information content (AvgIpc) is 3.07. The number of primary amides is 1. The van der Waals surface area contributed by atoms with Crippen LogP contribution < -0.4 is 10.6 Å². The number of aromatic nitrogens is 3. The van der Waals surface area contributed by atoms with Crippen molar-refractivity contribution in [2.75, 3.05) is 0 Å². The largest absolute Gasteiger partial charge is 0.366 e. The third-order valence-corrected chi connectivity index (χ3v) is 4.41. The maximum absolute atomic E-state index is 13.4. The third kappa shape index (κ3) is 3.43. The van der Waals surface area contributed by atoms with Crippen LogP contribution in [0.1, 0.15) is 26.4 Å². The molecule has 0 aliphatic carbocycles. The number of rotatable bonds is 4. The van der Waals surface area contributed by atoms with E-state index in [0.717, 1.165) is 0 Å². The Balaban J connectivity index is 1.66. The van der Waals surface area contributed by atoms with Gasteiger partial charge < -0.3 is 10.6 Å². The van der Waals surface area contributed by atoms with Crippen molar-refractivity contribution in [3.8, 4) is 11.4 Å². The summed E-state index contributed by atoms with van der Waals surface area (Å²) in [6, 6.07) is 12.8. The number of carbonyl (C=O) groups is 2. The first-order chi connectivity index (χ1) is 13.9. The first-order valence-corrected chi connectivity index (χ1v) is 8.66. The van der Waals surface area contributed by atoms with E-state index in [2.05, 4.69) is 9.97 Å². The summed E-state index contributed by atoms with van der Waals surface area (Å²) in [6.45, 7) is 1.63. The molecule has 0 bridgehead atoms. The van der Waals surface area contributed by atoms with Crippen LogP contribution in [0, 0.1) is 12.7 Å². The Morgan fingerprint density at radius 3 is 2.62 bits per heavy atom. The van der Waals surface area contributed by atoms with Crippen LogP contribution >= 0.6 is 0 Å². The molecule has 0 aliphatic heterocycles. The maximum Gasteiger partial charge on any atom is 0.366 e. The molecule has 2 N–H and O–H groups in total. The van der Waals surface area contributed by atoms with Gasteiger partial charge in [0.2, 0.25) is 0 Å². The van der Waals surface area contributed by atoms with Crippen LogP contribution in [0.15, 0.2) is 60.9 Å². The van der Waals surface area contributed by atoms with Crippen LogP contribution in [0.3, 0.4) is 0 Å². The Morgan fingerprint density at radius 1 is 1.10 bits per heavy atom. The van der Waals surface area contributed by atoms with Gasteiger partial charge in [-0.05, 0) is 25.1 Å². The van der Waals surface area contributed by atoms with Crippen LogP contribution in [0.5, 0.6) is 0 Å². The van der Waals surface area contributed by atoms with E-state index in [1.807, 2.05) is 0 Å². The highest BCUT2D eigenvalue weighted by Gasteiger charge is 2.19. The summed E-state index contributed by atoms with van der Waals surface area (Å²) < 4.78 is 14.6. The molecule has 2 heterocycles. The highest BCUT2D eigenvalue weighted by molar-refractivity contribution is 6.06. The lowest BCUT2D eigenvalue weighted by Gasteiger charge is -2.09. The van der Waals surface area contributed by atoms with Gasteiger partial charge in [-0.2, -0.15) is 4.73 Å². The van der Waals surface area contributed by atoms with E-state index in [0.29, 0.717) is 28.0 Å². The van der Waals surface area contributed by atoms with Crippen LogP contribution in [0.4, 0.5) is 4.39 Å². The van der Waals surface area contributed by atoms with Crippen molar-refractivity contribution in [1.29, 1.82) is 0 Å². The molecule has 0 fully saturated rings. The minimum absolute atomic E-state index is 0.142. The molecule has 2 aromatic heterocycles. The van der Waals surface area contributed by atoms with Gasteiger partial charge in [-0.1, -0.05) is 30.3 Å². The van der Waals surface area contributed by atoms with Gasteiger partial charge in [0.1, 0.15) is 11.4 Å². The van der Waals surface area contributed by atoms with Crippen LogP contribution in [-0.2, 0) is 0 Å². The van der Waals surface area contributed by atoms with Crippen molar-refractivity contribution in [1.82, 2.24) is 14.7 Å².